The molecule has 1 aromatic rings. The number of benzene rings is 1. The Morgan fingerprint density at radius 1 is 1.25 bits per heavy atom. The fraction of sp³-hybridized carbons (Fsp3) is 0.571. The SMILES string of the molecule is CCOC(C)CNCc1ccc(C)c(C)c1. The Labute approximate surface area is 99.0 Å². The molecule has 0 heterocycles. The maximum atomic E-state index is 5.46. The number of aryl methyl sites for hydroxylation is 2. The Bertz CT molecular complexity index is 323. The van der Waals surface area contributed by atoms with Crippen LogP contribution in [0.15, 0.2) is 18.2 Å². The first-order chi connectivity index (χ1) is 7.63. The molecule has 0 amide bonds. The lowest BCUT2D eigenvalue weighted by Crippen LogP contribution is -2.26. The molecule has 0 aromatic heterocycles. The van der Waals surface area contributed by atoms with Crippen LogP contribution in [0.3, 0.4) is 0 Å². The van der Waals surface area contributed by atoms with Crippen molar-refractivity contribution in [2.45, 2.75) is 40.3 Å². The smallest absolute Gasteiger partial charge is 0.0671 e. The summed E-state index contributed by atoms with van der Waals surface area (Å²) in [5.74, 6) is 0. The Morgan fingerprint density at radius 2 is 2.00 bits per heavy atom. The second kappa shape index (κ2) is 6.66. The molecule has 0 saturated heterocycles. The first-order valence-electron chi connectivity index (χ1n) is 6.02. The normalized spacial score (nSPS) is 12.8. The van der Waals surface area contributed by atoms with Crippen LogP contribution in [0.4, 0.5) is 0 Å². The highest BCUT2D eigenvalue weighted by molar-refractivity contribution is 5.29. The quantitative estimate of drug-likeness (QED) is 0.797. The van der Waals surface area contributed by atoms with E-state index in [1.54, 1.807) is 0 Å². The largest absolute Gasteiger partial charge is 0.377 e. The Kier molecular flexibility index (Phi) is 5.50. The van der Waals surface area contributed by atoms with Crippen molar-refractivity contribution in [2.24, 2.45) is 0 Å². The second-order valence-electron chi connectivity index (χ2n) is 4.32. The Balaban J connectivity index is 2.34. The van der Waals surface area contributed by atoms with Gasteiger partial charge in [-0.2, -0.15) is 0 Å². The molecule has 1 atom stereocenters. The molecule has 90 valence electrons. The zero-order valence-corrected chi connectivity index (χ0v) is 10.8. The van der Waals surface area contributed by atoms with Crippen LogP contribution < -0.4 is 5.32 Å². The van der Waals surface area contributed by atoms with Crippen LogP contribution in [0.25, 0.3) is 0 Å². The predicted octanol–water partition coefficient (Wildman–Crippen LogP) is 2.82. The number of hydrogen-bond acceptors (Lipinski definition) is 2. The van der Waals surface area contributed by atoms with Gasteiger partial charge in [0.05, 0.1) is 6.10 Å². The van der Waals surface area contributed by atoms with Crippen molar-refractivity contribution >= 4 is 0 Å². The summed E-state index contributed by atoms with van der Waals surface area (Å²) in [6.07, 6.45) is 0.288. The highest BCUT2D eigenvalue weighted by Gasteiger charge is 2.00. The van der Waals surface area contributed by atoms with Gasteiger partial charge in [0.2, 0.25) is 0 Å². The van der Waals surface area contributed by atoms with E-state index in [0.717, 1.165) is 19.7 Å². The molecule has 0 fully saturated rings. The van der Waals surface area contributed by atoms with Crippen LogP contribution in [0.2, 0.25) is 0 Å². The van der Waals surface area contributed by atoms with Crippen LogP contribution in [0.1, 0.15) is 30.5 Å². The zero-order valence-electron chi connectivity index (χ0n) is 10.8. The maximum Gasteiger partial charge on any atom is 0.0671 e. The van der Waals surface area contributed by atoms with Gasteiger partial charge in [0.15, 0.2) is 0 Å². The topological polar surface area (TPSA) is 21.3 Å². The van der Waals surface area contributed by atoms with Crippen molar-refractivity contribution in [1.29, 1.82) is 0 Å². The van der Waals surface area contributed by atoms with E-state index in [1.165, 1.54) is 16.7 Å². The number of rotatable bonds is 6. The molecule has 0 bridgehead atoms. The zero-order chi connectivity index (χ0) is 12.0. The first-order valence-corrected chi connectivity index (χ1v) is 6.02. The third kappa shape index (κ3) is 4.33. The van der Waals surface area contributed by atoms with Crippen LogP contribution in [-0.4, -0.2) is 19.3 Å². The van der Waals surface area contributed by atoms with Crippen molar-refractivity contribution < 1.29 is 4.74 Å². The molecule has 0 saturated carbocycles. The van der Waals surface area contributed by atoms with E-state index in [0.29, 0.717) is 0 Å². The van der Waals surface area contributed by atoms with Gasteiger partial charge in [-0.05, 0) is 44.4 Å². The Hall–Kier alpha value is -0.860. The van der Waals surface area contributed by atoms with E-state index >= 15 is 0 Å². The highest BCUT2D eigenvalue weighted by atomic mass is 16.5. The number of hydrogen-bond donors (Lipinski definition) is 1. The van der Waals surface area contributed by atoms with Gasteiger partial charge >= 0.3 is 0 Å². The highest BCUT2D eigenvalue weighted by Crippen LogP contribution is 2.09. The minimum Gasteiger partial charge on any atom is -0.377 e. The van der Waals surface area contributed by atoms with Crippen LogP contribution in [0.5, 0.6) is 0 Å². The van der Waals surface area contributed by atoms with Crippen LogP contribution in [-0.2, 0) is 11.3 Å². The summed E-state index contributed by atoms with van der Waals surface area (Å²) in [6.45, 7) is 11.0. The third-order valence-corrected chi connectivity index (χ3v) is 2.78. The summed E-state index contributed by atoms with van der Waals surface area (Å²) in [4.78, 5) is 0. The predicted molar refractivity (Wildman–Crippen MR) is 68.7 cm³/mol. The Morgan fingerprint density at radius 3 is 2.62 bits per heavy atom. The molecule has 0 spiro atoms. The molecule has 2 nitrogen and oxygen atoms in total. The fourth-order valence-corrected chi connectivity index (χ4v) is 1.68. The molecule has 0 aliphatic rings. The molecule has 16 heavy (non-hydrogen) atoms. The van der Waals surface area contributed by atoms with Gasteiger partial charge in [0, 0.05) is 19.7 Å². The van der Waals surface area contributed by atoms with Gasteiger partial charge in [-0.15, -0.1) is 0 Å². The van der Waals surface area contributed by atoms with Gasteiger partial charge in [-0.3, -0.25) is 0 Å². The molecule has 2 heteroatoms. The third-order valence-electron chi connectivity index (χ3n) is 2.78. The minimum atomic E-state index is 0.288. The fourth-order valence-electron chi connectivity index (χ4n) is 1.68. The lowest BCUT2D eigenvalue weighted by Gasteiger charge is -2.13. The average Bonchev–Trinajstić information content (AvgIpc) is 2.24. The summed E-state index contributed by atoms with van der Waals surface area (Å²) in [7, 11) is 0. The number of nitrogens with one attached hydrogen (secondary N) is 1. The van der Waals surface area contributed by atoms with Crippen molar-refractivity contribution in [3.05, 3.63) is 34.9 Å². The second-order valence-corrected chi connectivity index (χ2v) is 4.32. The van der Waals surface area contributed by atoms with E-state index in [-0.39, 0.29) is 6.10 Å². The molecule has 0 radical (unpaired) electrons. The standard InChI is InChI=1S/C14H23NO/c1-5-16-13(4)9-15-10-14-7-6-11(2)12(3)8-14/h6-8,13,15H,5,9-10H2,1-4H3. The average molecular weight is 221 g/mol. The summed E-state index contributed by atoms with van der Waals surface area (Å²) < 4.78 is 5.46. The van der Waals surface area contributed by atoms with E-state index < -0.39 is 0 Å². The minimum absolute atomic E-state index is 0.288. The van der Waals surface area contributed by atoms with Crippen molar-refractivity contribution in [3.63, 3.8) is 0 Å². The molecule has 1 N–H and O–H groups in total. The van der Waals surface area contributed by atoms with Gasteiger partial charge in [0.25, 0.3) is 0 Å². The van der Waals surface area contributed by atoms with Crippen LogP contribution >= 0.6 is 0 Å². The molecule has 0 aliphatic heterocycles. The summed E-state index contributed by atoms with van der Waals surface area (Å²) >= 11 is 0. The molecule has 0 aliphatic carbocycles. The van der Waals surface area contributed by atoms with Crippen molar-refractivity contribution in [2.75, 3.05) is 13.2 Å². The van der Waals surface area contributed by atoms with E-state index in [9.17, 15) is 0 Å². The van der Waals surface area contributed by atoms with Crippen molar-refractivity contribution in [3.8, 4) is 0 Å². The van der Waals surface area contributed by atoms with Gasteiger partial charge in [-0.25, -0.2) is 0 Å². The lowest BCUT2D eigenvalue weighted by molar-refractivity contribution is 0.0759. The maximum absolute atomic E-state index is 5.46. The molecular formula is C14H23NO. The molecule has 1 aromatic carbocycles. The van der Waals surface area contributed by atoms with Gasteiger partial charge < -0.3 is 10.1 Å². The van der Waals surface area contributed by atoms with E-state index in [1.807, 2.05) is 6.92 Å². The summed E-state index contributed by atoms with van der Waals surface area (Å²) in [5.41, 5.74) is 4.05. The van der Waals surface area contributed by atoms with Crippen LogP contribution in [0, 0.1) is 13.8 Å². The van der Waals surface area contributed by atoms with E-state index in [2.05, 4.69) is 44.3 Å². The molecule has 1 unspecified atom stereocenters. The monoisotopic (exact) mass is 221 g/mol. The van der Waals surface area contributed by atoms with Crippen molar-refractivity contribution in [1.82, 2.24) is 5.32 Å². The summed E-state index contributed by atoms with van der Waals surface area (Å²) in [6, 6.07) is 6.60. The lowest BCUT2D eigenvalue weighted by atomic mass is 10.1. The first kappa shape index (κ1) is 13.2. The van der Waals surface area contributed by atoms with Gasteiger partial charge in [0.1, 0.15) is 0 Å². The van der Waals surface area contributed by atoms with Gasteiger partial charge in [-0.1, -0.05) is 18.2 Å². The summed E-state index contributed by atoms with van der Waals surface area (Å²) in [5, 5.41) is 3.41. The molecular weight excluding hydrogens is 198 g/mol. The number of ether oxygens (including phenoxy) is 1. The molecule has 1 rings (SSSR count). The van der Waals surface area contributed by atoms with E-state index in [4.69, 9.17) is 4.74 Å².